The van der Waals surface area contributed by atoms with Crippen LogP contribution in [0.3, 0.4) is 0 Å². The Morgan fingerprint density at radius 3 is 2.64 bits per heavy atom. The summed E-state index contributed by atoms with van der Waals surface area (Å²) in [5.74, 6) is 0.267. The quantitative estimate of drug-likeness (QED) is 0.375. The molecule has 0 aliphatic carbocycles. The summed E-state index contributed by atoms with van der Waals surface area (Å²) in [6.45, 7) is 4.73. The van der Waals surface area contributed by atoms with Gasteiger partial charge in [-0.25, -0.2) is 0 Å². The number of likely N-dealkylation sites (tertiary alicyclic amines) is 1. The molecule has 0 spiro atoms. The fourth-order valence-corrected chi connectivity index (χ4v) is 5.81. The Kier molecular flexibility index (Phi) is 10.1. The first-order valence-corrected chi connectivity index (χ1v) is 13.9. The highest BCUT2D eigenvalue weighted by Crippen LogP contribution is 2.43. The van der Waals surface area contributed by atoms with Crippen LogP contribution >= 0.6 is 0 Å². The van der Waals surface area contributed by atoms with Gasteiger partial charge in [0.2, 0.25) is 12.7 Å². The molecule has 39 heavy (non-hydrogen) atoms. The number of carboxylic acid groups (broad SMARTS) is 1. The molecule has 2 aliphatic rings. The lowest BCUT2D eigenvalue weighted by molar-refractivity contribution is -0.143. The fraction of sp³-hybridized carbons (Fsp3) is 0.533. The van der Waals surface area contributed by atoms with E-state index >= 15 is 0 Å². The highest BCUT2D eigenvalue weighted by atomic mass is 16.7. The lowest BCUT2D eigenvalue weighted by Crippen LogP contribution is -2.45. The van der Waals surface area contributed by atoms with E-state index in [1.165, 1.54) is 0 Å². The van der Waals surface area contributed by atoms with Crippen molar-refractivity contribution in [3.63, 3.8) is 0 Å². The van der Waals surface area contributed by atoms with Crippen LogP contribution in [0.5, 0.6) is 17.2 Å². The minimum absolute atomic E-state index is 0.0228. The Balaban J connectivity index is 1.61. The summed E-state index contributed by atoms with van der Waals surface area (Å²) in [4.78, 5) is 30.3. The largest absolute Gasteiger partial charge is 0.496 e. The van der Waals surface area contributed by atoms with Gasteiger partial charge in [-0.3, -0.25) is 14.5 Å². The molecule has 1 fully saturated rings. The zero-order valence-corrected chi connectivity index (χ0v) is 23.0. The van der Waals surface area contributed by atoms with Crippen LogP contribution in [-0.4, -0.2) is 79.5 Å². The number of aliphatic carboxylic acids is 1. The second kappa shape index (κ2) is 13.7. The number of nitrogens with zero attached hydrogens (tertiary/aromatic N) is 2. The summed E-state index contributed by atoms with van der Waals surface area (Å²) in [5, 5.41) is 10.5. The maximum atomic E-state index is 13.5. The first kappa shape index (κ1) is 28.7. The van der Waals surface area contributed by atoms with Crippen molar-refractivity contribution in [3.05, 3.63) is 53.6 Å². The van der Waals surface area contributed by atoms with Crippen LogP contribution in [0.4, 0.5) is 0 Å². The Labute approximate surface area is 230 Å². The molecule has 2 aromatic rings. The third-order valence-electron chi connectivity index (χ3n) is 7.86. The number of hydrogen-bond donors (Lipinski definition) is 2. The molecule has 2 aromatic carbocycles. The average molecular weight is 540 g/mol. The zero-order valence-electron chi connectivity index (χ0n) is 23.0. The van der Waals surface area contributed by atoms with E-state index in [4.69, 9.17) is 19.9 Å². The SMILES string of the molecule is CCCCN(CCCN)C(=O)CN1C[C@H](c2ccc3c(c2)OCO3)[C@@H](C(=O)O)[C@@H]1CCc1ccccc1OC. The third kappa shape index (κ3) is 6.83. The van der Waals surface area contributed by atoms with Crippen molar-refractivity contribution in [1.29, 1.82) is 0 Å². The summed E-state index contributed by atoms with van der Waals surface area (Å²) < 4.78 is 16.6. The smallest absolute Gasteiger partial charge is 0.308 e. The van der Waals surface area contributed by atoms with Gasteiger partial charge < -0.3 is 30.0 Å². The Morgan fingerprint density at radius 2 is 1.90 bits per heavy atom. The molecule has 0 saturated carbocycles. The number of amides is 1. The molecule has 1 saturated heterocycles. The number of unbranched alkanes of at least 4 members (excludes halogenated alkanes) is 1. The summed E-state index contributed by atoms with van der Waals surface area (Å²) in [5.41, 5.74) is 7.65. The number of para-hydroxylation sites is 1. The molecule has 2 heterocycles. The van der Waals surface area contributed by atoms with Gasteiger partial charge >= 0.3 is 5.97 Å². The van der Waals surface area contributed by atoms with Gasteiger partial charge in [0.15, 0.2) is 11.5 Å². The minimum atomic E-state index is -0.858. The van der Waals surface area contributed by atoms with Crippen molar-refractivity contribution >= 4 is 11.9 Å². The summed E-state index contributed by atoms with van der Waals surface area (Å²) in [7, 11) is 1.64. The van der Waals surface area contributed by atoms with Crippen LogP contribution in [0.2, 0.25) is 0 Å². The van der Waals surface area contributed by atoms with Crippen molar-refractivity contribution in [2.75, 3.05) is 46.6 Å². The standard InChI is InChI=1S/C30H41N3O6/c1-3-4-15-32(16-7-14-31)28(34)19-33-18-23(22-11-13-26-27(17-22)39-20-38-26)29(30(35)36)24(33)12-10-21-8-5-6-9-25(21)37-2/h5-6,8-9,11,13,17,23-24,29H,3-4,7,10,12,14-16,18-20,31H2,1-2H3,(H,35,36)/t23-,24+,29-/m1/s1. The summed E-state index contributed by atoms with van der Waals surface area (Å²) in [6, 6.07) is 13.1. The molecule has 1 amide bonds. The zero-order chi connectivity index (χ0) is 27.8. The predicted octanol–water partition coefficient (Wildman–Crippen LogP) is 3.50. The van der Waals surface area contributed by atoms with Gasteiger partial charge in [-0.15, -0.1) is 0 Å². The van der Waals surface area contributed by atoms with E-state index in [0.717, 1.165) is 36.1 Å². The van der Waals surface area contributed by atoms with Crippen LogP contribution in [0.15, 0.2) is 42.5 Å². The Hall–Kier alpha value is -3.30. The molecular weight excluding hydrogens is 498 g/mol. The number of aryl methyl sites for hydroxylation is 1. The van der Waals surface area contributed by atoms with Gasteiger partial charge in [-0.2, -0.15) is 0 Å². The van der Waals surface area contributed by atoms with Crippen molar-refractivity contribution in [2.45, 2.75) is 51.0 Å². The van der Waals surface area contributed by atoms with Gasteiger partial charge in [-0.05, 0) is 61.6 Å². The van der Waals surface area contributed by atoms with Crippen LogP contribution in [-0.2, 0) is 16.0 Å². The van der Waals surface area contributed by atoms with Crippen LogP contribution in [0.25, 0.3) is 0 Å². The predicted molar refractivity (Wildman–Crippen MR) is 148 cm³/mol. The van der Waals surface area contributed by atoms with E-state index in [1.807, 2.05) is 47.4 Å². The van der Waals surface area contributed by atoms with Gasteiger partial charge in [0.05, 0.1) is 19.6 Å². The number of ether oxygens (including phenoxy) is 3. The number of fused-ring (bicyclic) bond motifs is 1. The molecule has 3 atom stereocenters. The van der Waals surface area contributed by atoms with Crippen molar-refractivity contribution in [1.82, 2.24) is 9.80 Å². The number of carbonyl (C=O) groups excluding carboxylic acids is 1. The number of carboxylic acids is 1. The van der Waals surface area contributed by atoms with Crippen molar-refractivity contribution in [3.8, 4) is 17.2 Å². The molecule has 0 radical (unpaired) electrons. The lowest BCUT2D eigenvalue weighted by Gasteiger charge is -2.30. The average Bonchev–Trinajstić information content (AvgIpc) is 3.56. The maximum Gasteiger partial charge on any atom is 0.308 e. The molecule has 0 unspecified atom stereocenters. The van der Waals surface area contributed by atoms with Gasteiger partial charge in [0.25, 0.3) is 0 Å². The van der Waals surface area contributed by atoms with E-state index in [-0.39, 0.29) is 31.2 Å². The number of carbonyl (C=O) groups is 2. The third-order valence-corrected chi connectivity index (χ3v) is 7.86. The second-order valence-corrected chi connectivity index (χ2v) is 10.3. The Morgan fingerprint density at radius 1 is 1.13 bits per heavy atom. The minimum Gasteiger partial charge on any atom is -0.496 e. The molecule has 0 aromatic heterocycles. The molecule has 2 aliphatic heterocycles. The van der Waals surface area contributed by atoms with E-state index in [1.54, 1.807) is 7.11 Å². The first-order valence-electron chi connectivity index (χ1n) is 13.9. The van der Waals surface area contributed by atoms with Crippen LogP contribution in [0, 0.1) is 5.92 Å². The second-order valence-electron chi connectivity index (χ2n) is 10.3. The van der Waals surface area contributed by atoms with Crippen LogP contribution in [0.1, 0.15) is 49.7 Å². The fourth-order valence-electron chi connectivity index (χ4n) is 5.81. The molecular formula is C30H41N3O6. The topological polar surface area (TPSA) is 115 Å². The number of benzene rings is 2. The van der Waals surface area contributed by atoms with Gasteiger partial charge in [0, 0.05) is 31.6 Å². The van der Waals surface area contributed by atoms with Crippen molar-refractivity contribution < 1.29 is 28.9 Å². The lowest BCUT2D eigenvalue weighted by atomic mass is 9.83. The molecule has 3 N–H and O–H groups in total. The highest BCUT2D eigenvalue weighted by molar-refractivity contribution is 5.79. The molecule has 4 rings (SSSR count). The van der Waals surface area contributed by atoms with E-state index in [2.05, 4.69) is 11.8 Å². The molecule has 0 bridgehead atoms. The summed E-state index contributed by atoms with van der Waals surface area (Å²) >= 11 is 0. The highest BCUT2D eigenvalue weighted by Gasteiger charge is 2.47. The number of nitrogens with two attached hydrogens (primary N) is 1. The number of rotatable bonds is 14. The maximum absolute atomic E-state index is 13.5. The first-order chi connectivity index (χ1) is 19.0. The van der Waals surface area contributed by atoms with E-state index in [0.29, 0.717) is 50.5 Å². The number of methoxy groups -OCH3 is 1. The molecule has 212 valence electrons. The number of hydrogen-bond acceptors (Lipinski definition) is 7. The Bertz CT molecular complexity index is 1120. The van der Waals surface area contributed by atoms with Gasteiger partial charge in [-0.1, -0.05) is 37.6 Å². The summed E-state index contributed by atoms with van der Waals surface area (Å²) in [6.07, 6.45) is 3.88. The normalized spacial score (nSPS) is 20.2. The van der Waals surface area contributed by atoms with Crippen molar-refractivity contribution in [2.24, 2.45) is 11.7 Å². The monoisotopic (exact) mass is 539 g/mol. The van der Waals surface area contributed by atoms with E-state index < -0.39 is 11.9 Å². The van der Waals surface area contributed by atoms with Crippen LogP contribution < -0.4 is 19.9 Å². The molecule has 9 heteroatoms. The molecule has 9 nitrogen and oxygen atoms in total. The van der Waals surface area contributed by atoms with Gasteiger partial charge in [0.1, 0.15) is 5.75 Å². The van der Waals surface area contributed by atoms with E-state index in [9.17, 15) is 14.7 Å².